The summed E-state index contributed by atoms with van der Waals surface area (Å²) in [5.74, 6) is 0.693. The second-order valence-corrected chi connectivity index (χ2v) is 6.63. The van der Waals surface area contributed by atoms with E-state index in [0.717, 1.165) is 19.3 Å². The molecule has 1 aliphatic carbocycles. The molecule has 0 spiro atoms. The fraction of sp³-hybridized carbons (Fsp3) is 1.00. The van der Waals surface area contributed by atoms with Gasteiger partial charge in [-0.3, -0.25) is 0 Å². The first-order chi connectivity index (χ1) is 5.43. The Hall–Kier alpha value is 0.240. The molecule has 1 saturated carbocycles. The van der Waals surface area contributed by atoms with E-state index in [0.29, 0.717) is 5.92 Å². The maximum atomic E-state index is 11.1. The van der Waals surface area contributed by atoms with Gasteiger partial charge < -0.3 is 0 Å². The van der Waals surface area contributed by atoms with Crippen LogP contribution < -0.4 is 0 Å². The first-order valence-corrected chi connectivity index (χ1v) is 6.73. The Balaban J connectivity index is 2.78. The minimum absolute atomic E-state index is 0.209. The van der Waals surface area contributed by atoms with Crippen LogP contribution >= 0.6 is 10.7 Å². The average Bonchev–Trinajstić information content (AvgIpc) is 1.92. The van der Waals surface area contributed by atoms with Crippen LogP contribution in [0.3, 0.4) is 0 Å². The van der Waals surface area contributed by atoms with Gasteiger partial charge in [0.15, 0.2) is 0 Å². The van der Waals surface area contributed by atoms with E-state index in [1.165, 1.54) is 0 Å². The Morgan fingerprint density at radius 1 is 1.25 bits per heavy atom. The normalized spacial score (nSPS) is 38.1. The Kier molecular flexibility index (Phi) is 3.05. The maximum Gasteiger partial charge on any atom is 0.235 e. The Labute approximate surface area is 78.7 Å². The summed E-state index contributed by atoms with van der Waals surface area (Å²) in [7, 11) is 2.01. The number of rotatable bonds is 1. The van der Waals surface area contributed by atoms with Gasteiger partial charge >= 0.3 is 0 Å². The smallest absolute Gasteiger partial charge is 0.212 e. The van der Waals surface area contributed by atoms with E-state index in [9.17, 15) is 8.42 Å². The zero-order valence-corrected chi connectivity index (χ0v) is 9.03. The topological polar surface area (TPSA) is 34.1 Å². The molecule has 0 aromatic heterocycles. The molecular weight excluding hydrogens is 196 g/mol. The lowest BCUT2D eigenvalue weighted by Gasteiger charge is -2.31. The van der Waals surface area contributed by atoms with Gasteiger partial charge in [-0.25, -0.2) is 8.42 Å². The second-order valence-electron chi connectivity index (χ2n) is 3.78. The van der Waals surface area contributed by atoms with Gasteiger partial charge in [-0.1, -0.05) is 26.7 Å². The van der Waals surface area contributed by atoms with Crippen LogP contribution in [0.5, 0.6) is 0 Å². The van der Waals surface area contributed by atoms with Crippen molar-refractivity contribution >= 4 is 19.7 Å². The predicted octanol–water partition coefficient (Wildman–Crippen LogP) is 2.38. The largest absolute Gasteiger partial charge is 0.235 e. The maximum absolute atomic E-state index is 11.1. The monoisotopic (exact) mass is 210 g/mol. The van der Waals surface area contributed by atoms with Crippen molar-refractivity contribution in [2.75, 3.05) is 0 Å². The first kappa shape index (κ1) is 10.3. The van der Waals surface area contributed by atoms with E-state index < -0.39 is 9.05 Å². The van der Waals surface area contributed by atoms with Gasteiger partial charge in [0.25, 0.3) is 0 Å². The van der Waals surface area contributed by atoms with Gasteiger partial charge in [0.2, 0.25) is 9.05 Å². The molecule has 1 rings (SSSR count). The lowest BCUT2D eigenvalue weighted by molar-refractivity contribution is 0.280. The quantitative estimate of drug-likeness (QED) is 0.623. The van der Waals surface area contributed by atoms with Gasteiger partial charge in [0.1, 0.15) is 0 Å². The summed E-state index contributed by atoms with van der Waals surface area (Å²) in [6, 6.07) is 0. The highest BCUT2D eigenvalue weighted by atomic mass is 35.7. The van der Waals surface area contributed by atoms with E-state index in [2.05, 4.69) is 6.92 Å². The molecule has 0 bridgehead atoms. The van der Waals surface area contributed by atoms with Crippen LogP contribution in [0.1, 0.15) is 33.1 Å². The molecule has 3 atom stereocenters. The average molecular weight is 211 g/mol. The number of halogens is 1. The lowest BCUT2D eigenvalue weighted by Crippen LogP contribution is -2.33. The van der Waals surface area contributed by atoms with Crippen molar-refractivity contribution in [3.8, 4) is 0 Å². The van der Waals surface area contributed by atoms with Crippen molar-refractivity contribution in [2.45, 2.75) is 38.4 Å². The molecule has 1 fully saturated rings. The van der Waals surface area contributed by atoms with E-state index in [1.807, 2.05) is 6.92 Å². The summed E-state index contributed by atoms with van der Waals surface area (Å²) in [5.41, 5.74) is 0. The summed E-state index contributed by atoms with van der Waals surface area (Å²) in [6.07, 6.45) is 2.85. The number of hydrogen-bond acceptors (Lipinski definition) is 2. The minimum Gasteiger partial charge on any atom is -0.212 e. The first-order valence-electron chi connectivity index (χ1n) is 4.36. The van der Waals surface area contributed by atoms with Crippen LogP contribution in [-0.4, -0.2) is 13.7 Å². The molecule has 0 aromatic rings. The van der Waals surface area contributed by atoms with Gasteiger partial charge in [-0.15, -0.1) is 0 Å². The predicted molar refractivity (Wildman–Crippen MR) is 50.7 cm³/mol. The summed E-state index contributed by atoms with van der Waals surface area (Å²) >= 11 is 0. The molecule has 2 nitrogen and oxygen atoms in total. The molecule has 4 heteroatoms. The fourth-order valence-electron chi connectivity index (χ4n) is 1.93. The van der Waals surface area contributed by atoms with E-state index in [1.54, 1.807) is 0 Å². The molecule has 0 saturated heterocycles. The van der Waals surface area contributed by atoms with E-state index in [-0.39, 0.29) is 11.2 Å². The van der Waals surface area contributed by atoms with Crippen LogP contribution in [0.15, 0.2) is 0 Å². The third kappa shape index (κ3) is 2.13. The van der Waals surface area contributed by atoms with Gasteiger partial charge in [-0.2, -0.15) is 0 Å². The number of hydrogen-bond donors (Lipinski definition) is 0. The van der Waals surface area contributed by atoms with Crippen molar-refractivity contribution in [3.63, 3.8) is 0 Å². The van der Waals surface area contributed by atoms with Crippen LogP contribution in [0, 0.1) is 11.8 Å². The van der Waals surface area contributed by atoms with Gasteiger partial charge in [-0.05, 0) is 18.3 Å². The minimum atomic E-state index is -3.34. The fourth-order valence-corrected chi connectivity index (χ4v) is 3.91. The standard InChI is InChI=1S/C8H15ClO2S/c1-6-4-3-5-8(7(6)2)12(9,10)11/h6-8H,3-5H2,1-2H3. The van der Waals surface area contributed by atoms with Gasteiger partial charge in [0.05, 0.1) is 5.25 Å². The summed E-state index contributed by atoms with van der Waals surface area (Å²) in [4.78, 5) is 0. The second kappa shape index (κ2) is 3.54. The summed E-state index contributed by atoms with van der Waals surface area (Å²) < 4.78 is 22.2. The van der Waals surface area contributed by atoms with Crippen LogP contribution in [-0.2, 0) is 9.05 Å². The van der Waals surface area contributed by atoms with Crippen LogP contribution in [0.25, 0.3) is 0 Å². The molecule has 1 aliphatic rings. The molecule has 72 valence electrons. The van der Waals surface area contributed by atoms with Crippen molar-refractivity contribution in [2.24, 2.45) is 11.8 Å². The van der Waals surface area contributed by atoms with Crippen LogP contribution in [0.2, 0.25) is 0 Å². The highest BCUT2D eigenvalue weighted by Crippen LogP contribution is 2.34. The Morgan fingerprint density at radius 3 is 2.25 bits per heavy atom. The summed E-state index contributed by atoms with van der Waals surface area (Å²) in [6.45, 7) is 4.08. The zero-order valence-electron chi connectivity index (χ0n) is 7.46. The highest BCUT2D eigenvalue weighted by molar-refractivity contribution is 8.14. The molecular formula is C8H15ClO2S. The van der Waals surface area contributed by atoms with E-state index in [4.69, 9.17) is 10.7 Å². The lowest BCUT2D eigenvalue weighted by atomic mass is 9.81. The van der Waals surface area contributed by atoms with Crippen LogP contribution in [0.4, 0.5) is 0 Å². The molecule has 0 radical (unpaired) electrons. The van der Waals surface area contributed by atoms with Gasteiger partial charge in [0, 0.05) is 10.7 Å². The summed E-state index contributed by atoms with van der Waals surface area (Å²) in [5, 5.41) is -0.317. The SMILES string of the molecule is CC1CCCC(S(=O)(=O)Cl)C1C. The third-order valence-electron chi connectivity index (χ3n) is 2.99. The molecule has 0 heterocycles. The van der Waals surface area contributed by atoms with E-state index >= 15 is 0 Å². The molecule has 0 N–H and O–H groups in total. The third-order valence-corrected chi connectivity index (χ3v) is 5.07. The van der Waals surface area contributed by atoms with Crippen molar-refractivity contribution in [3.05, 3.63) is 0 Å². The Bertz CT molecular complexity index is 248. The van der Waals surface area contributed by atoms with Crippen molar-refractivity contribution in [1.29, 1.82) is 0 Å². The molecule has 0 aliphatic heterocycles. The zero-order chi connectivity index (χ0) is 9.35. The Morgan fingerprint density at radius 2 is 1.83 bits per heavy atom. The molecule has 12 heavy (non-hydrogen) atoms. The highest BCUT2D eigenvalue weighted by Gasteiger charge is 2.35. The van der Waals surface area contributed by atoms with Crippen molar-refractivity contribution < 1.29 is 8.42 Å². The molecule has 3 unspecified atom stereocenters. The molecule has 0 amide bonds. The van der Waals surface area contributed by atoms with Crippen molar-refractivity contribution in [1.82, 2.24) is 0 Å². The molecule has 0 aromatic carbocycles.